The molecule has 1 aromatic rings. The van der Waals surface area contributed by atoms with E-state index in [1.54, 1.807) is 0 Å². The van der Waals surface area contributed by atoms with E-state index >= 15 is 0 Å². The van der Waals surface area contributed by atoms with Gasteiger partial charge in [0.25, 0.3) is 0 Å². The Morgan fingerprint density at radius 3 is 2.88 bits per heavy atom. The highest BCUT2D eigenvalue weighted by molar-refractivity contribution is 5.19. The number of halogens is 2. The molecule has 2 rings (SSSR count). The van der Waals surface area contributed by atoms with Crippen LogP contribution in [0, 0.1) is 17.6 Å². The Morgan fingerprint density at radius 1 is 1.47 bits per heavy atom. The summed E-state index contributed by atoms with van der Waals surface area (Å²) in [7, 11) is 0. The minimum Gasteiger partial charge on any atom is -0.392 e. The lowest BCUT2D eigenvalue weighted by Gasteiger charge is -2.16. The first-order valence-corrected chi connectivity index (χ1v) is 5.80. The number of hydrogen-bond acceptors (Lipinski definition) is 2. The average molecular weight is 242 g/mol. The Balaban J connectivity index is 2.02. The zero-order valence-electron chi connectivity index (χ0n) is 9.70. The number of aliphatic hydroxyl groups excluding tert-OH is 1. The number of hydrogen-bond donors (Lipinski definition) is 1. The first kappa shape index (κ1) is 12.5. The quantitative estimate of drug-likeness (QED) is 0.881. The molecular weight excluding hydrogens is 226 g/mol. The van der Waals surface area contributed by atoms with Crippen LogP contribution in [0.25, 0.3) is 0 Å². The number of ether oxygens (including phenoxy) is 1. The van der Waals surface area contributed by atoms with Gasteiger partial charge in [0.1, 0.15) is 11.6 Å². The third-order valence-corrected chi connectivity index (χ3v) is 3.21. The molecule has 4 heteroatoms. The fourth-order valence-electron chi connectivity index (χ4n) is 2.21. The molecule has 1 aliphatic heterocycles. The van der Waals surface area contributed by atoms with E-state index in [1.165, 1.54) is 0 Å². The molecule has 0 spiro atoms. The number of aliphatic hydroxyl groups is 1. The van der Waals surface area contributed by atoms with Gasteiger partial charge in [-0.3, -0.25) is 0 Å². The first-order chi connectivity index (χ1) is 8.06. The van der Waals surface area contributed by atoms with Crippen molar-refractivity contribution < 1.29 is 18.6 Å². The van der Waals surface area contributed by atoms with E-state index in [9.17, 15) is 13.9 Å². The van der Waals surface area contributed by atoms with Gasteiger partial charge in [-0.15, -0.1) is 0 Å². The smallest absolute Gasteiger partial charge is 0.126 e. The van der Waals surface area contributed by atoms with E-state index in [1.807, 2.05) is 6.92 Å². The maximum Gasteiger partial charge on any atom is 0.126 e. The second-order valence-electron chi connectivity index (χ2n) is 4.65. The number of benzene rings is 1. The maximum absolute atomic E-state index is 13.4. The SMILES string of the molecule is CC1CC(C(O)Cc2cc(F)ccc2F)CO1. The lowest BCUT2D eigenvalue weighted by Crippen LogP contribution is -2.23. The molecule has 94 valence electrons. The van der Waals surface area contributed by atoms with Gasteiger partial charge in [-0.25, -0.2) is 8.78 Å². The van der Waals surface area contributed by atoms with Gasteiger partial charge >= 0.3 is 0 Å². The Morgan fingerprint density at radius 2 is 2.24 bits per heavy atom. The molecule has 0 saturated carbocycles. The van der Waals surface area contributed by atoms with Crippen LogP contribution in [0.15, 0.2) is 18.2 Å². The van der Waals surface area contributed by atoms with Gasteiger partial charge < -0.3 is 9.84 Å². The van der Waals surface area contributed by atoms with Crippen molar-refractivity contribution in [2.24, 2.45) is 5.92 Å². The molecule has 0 aromatic heterocycles. The van der Waals surface area contributed by atoms with Crippen LogP contribution < -0.4 is 0 Å². The van der Waals surface area contributed by atoms with Crippen LogP contribution in [0.3, 0.4) is 0 Å². The highest BCUT2D eigenvalue weighted by Crippen LogP contribution is 2.25. The minimum atomic E-state index is -0.684. The third kappa shape index (κ3) is 3.01. The summed E-state index contributed by atoms with van der Waals surface area (Å²) < 4.78 is 31.7. The van der Waals surface area contributed by atoms with Crippen molar-refractivity contribution in [1.82, 2.24) is 0 Å². The van der Waals surface area contributed by atoms with Gasteiger partial charge in [0.2, 0.25) is 0 Å². The van der Waals surface area contributed by atoms with Gasteiger partial charge in [0, 0.05) is 12.3 Å². The molecule has 3 unspecified atom stereocenters. The molecule has 0 radical (unpaired) electrons. The summed E-state index contributed by atoms with van der Waals surface area (Å²) in [5.74, 6) is -0.949. The van der Waals surface area contributed by atoms with E-state index in [2.05, 4.69) is 0 Å². The van der Waals surface area contributed by atoms with Crippen molar-refractivity contribution in [3.8, 4) is 0 Å². The van der Waals surface area contributed by atoms with Crippen LogP contribution >= 0.6 is 0 Å². The Bertz CT molecular complexity index is 395. The molecule has 1 fully saturated rings. The molecule has 1 saturated heterocycles. The highest BCUT2D eigenvalue weighted by atomic mass is 19.1. The summed E-state index contributed by atoms with van der Waals surface area (Å²) in [4.78, 5) is 0. The summed E-state index contributed by atoms with van der Waals surface area (Å²) >= 11 is 0. The molecule has 1 heterocycles. The summed E-state index contributed by atoms with van der Waals surface area (Å²) in [6.45, 7) is 2.43. The van der Waals surface area contributed by atoms with Crippen LogP contribution in [-0.2, 0) is 11.2 Å². The third-order valence-electron chi connectivity index (χ3n) is 3.21. The normalized spacial score (nSPS) is 26.1. The zero-order valence-corrected chi connectivity index (χ0v) is 9.70. The average Bonchev–Trinajstić information content (AvgIpc) is 2.70. The second kappa shape index (κ2) is 5.10. The van der Waals surface area contributed by atoms with E-state index in [0.29, 0.717) is 6.61 Å². The Labute approximate surface area is 99.2 Å². The van der Waals surface area contributed by atoms with Gasteiger partial charge in [-0.1, -0.05) is 0 Å². The molecule has 1 N–H and O–H groups in total. The Hall–Kier alpha value is -1.00. The van der Waals surface area contributed by atoms with Crippen molar-refractivity contribution in [3.63, 3.8) is 0 Å². The van der Waals surface area contributed by atoms with Crippen molar-refractivity contribution in [2.75, 3.05) is 6.61 Å². The molecule has 0 bridgehead atoms. The van der Waals surface area contributed by atoms with Crippen molar-refractivity contribution in [3.05, 3.63) is 35.4 Å². The molecule has 1 aliphatic rings. The molecule has 2 nitrogen and oxygen atoms in total. The summed E-state index contributed by atoms with van der Waals surface area (Å²) in [6.07, 6.45) is 0.339. The van der Waals surface area contributed by atoms with E-state index < -0.39 is 17.7 Å². The van der Waals surface area contributed by atoms with E-state index in [-0.39, 0.29) is 24.0 Å². The topological polar surface area (TPSA) is 29.5 Å². The van der Waals surface area contributed by atoms with Crippen LogP contribution in [0.1, 0.15) is 18.9 Å². The van der Waals surface area contributed by atoms with E-state index in [4.69, 9.17) is 4.74 Å². The van der Waals surface area contributed by atoms with Gasteiger partial charge in [-0.05, 0) is 37.1 Å². The fraction of sp³-hybridized carbons (Fsp3) is 0.538. The standard InChI is InChI=1S/C13H16F2O2/c1-8-4-10(7-17-8)13(16)6-9-5-11(14)2-3-12(9)15/h2-3,5,8,10,13,16H,4,6-7H2,1H3. The predicted molar refractivity (Wildman–Crippen MR) is 59.6 cm³/mol. The van der Waals surface area contributed by atoms with Crippen molar-refractivity contribution in [2.45, 2.75) is 32.0 Å². The minimum absolute atomic E-state index is 0.00710. The maximum atomic E-state index is 13.4. The molecular formula is C13H16F2O2. The first-order valence-electron chi connectivity index (χ1n) is 5.80. The van der Waals surface area contributed by atoms with Crippen LogP contribution in [0.2, 0.25) is 0 Å². The predicted octanol–water partition coefficient (Wildman–Crippen LogP) is 2.29. The van der Waals surface area contributed by atoms with E-state index in [0.717, 1.165) is 24.6 Å². The summed E-state index contributed by atoms with van der Waals surface area (Å²) in [5.41, 5.74) is 0.219. The summed E-state index contributed by atoms with van der Waals surface area (Å²) in [6, 6.07) is 3.30. The lowest BCUT2D eigenvalue weighted by atomic mass is 9.94. The van der Waals surface area contributed by atoms with Crippen LogP contribution in [0.5, 0.6) is 0 Å². The largest absolute Gasteiger partial charge is 0.392 e. The molecule has 17 heavy (non-hydrogen) atoms. The molecule has 1 aromatic carbocycles. The zero-order chi connectivity index (χ0) is 12.4. The monoisotopic (exact) mass is 242 g/mol. The van der Waals surface area contributed by atoms with Gasteiger partial charge in [0.05, 0.1) is 18.8 Å². The van der Waals surface area contributed by atoms with Crippen LogP contribution in [-0.4, -0.2) is 23.9 Å². The fourth-order valence-corrected chi connectivity index (χ4v) is 2.21. The highest BCUT2D eigenvalue weighted by Gasteiger charge is 2.28. The molecule has 0 aliphatic carbocycles. The lowest BCUT2D eigenvalue weighted by molar-refractivity contribution is 0.0802. The number of rotatable bonds is 3. The van der Waals surface area contributed by atoms with Crippen molar-refractivity contribution >= 4 is 0 Å². The summed E-state index contributed by atoms with van der Waals surface area (Å²) in [5, 5.41) is 9.97. The second-order valence-corrected chi connectivity index (χ2v) is 4.65. The van der Waals surface area contributed by atoms with Gasteiger partial charge in [-0.2, -0.15) is 0 Å². The Kier molecular flexibility index (Phi) is 3.74. The van der Waals surface area contributed by atoms with Crippen LogP contribution in [0.4, 0.5) is 8.78 Å². The van der Waals surface area contributed by atoms with Gasteiger partial charge in [0.15, 0.2) is 0 Å². The van der Waals surface area contributed by atoms with Crippen molar-refractivity contribution in [1.29, 1.82) is 0 Å². The molecule has 3 atom stereocenters. The molecule has 0 amide bonds.